The van der Waals surface area contributed by atoms with Gasteiger partial charge in [0.05, 0.1) is 12.2 Å². The standard InChI is InChI=1S/C10H9Br3N4O/c1-14-4-8-16-17-10(18-8)15-9-6(12)2-5(11)3-7(9)13/h2-3,14H,4H2,1H3,(H,15,17). The monoisotopic (exact) mass is 438 g/mol. The SMILES string of the molecule is CNCc1nnc(Nc2c(Br)cc(Br)cc2Br)o1. The Hall–Kier alpha value is -0.440. The van der Waals surface area contributed by atoms with Crippen LogP contribution in [0.2, 0.25) is 0 Å². The molecule has 0 amide bonds. The molecule has 0 atom stereocenters. The van der Waals surface area contributed by atoms with E-state index in [2.05, 4.69) is 68.6 Å². The second kappa shape index (κ2) is 6.14. The summed E-state index contributed by atoms with van der Waals surface area (Å²) < 4.78 is 8.16. The molecule has 0 aliphatic heterocycles. The lowest BCUT2D eigenvalue weighted by atomic mass is 10.3. The fourth-order valence-corrected chi connectivity index (χ4v) is 3.75. The van der Waals surface area contributed by atoms with Gasteiger partial charge in [0.2, 0.25) is 5.89 Å². The summed E-state index contributed by atoms with van der Waals surface area (Å²) in [5, 5.41) is 13.8. The minimum atomic E-state index is 0.351. The predicted octanol–water partition coefficient (Wildman–Crippen LogP) is 3.82. The third kappa shape index (κ3) is 3.31. The summed E-state index contributed by atoms with van der Waals surface area (Å²) in [5.74, 6) is 0.532. The topological polar surface area (TPSA) is 63.0 Å². The Morgan fingerprint density at radius 2 is 1.83 bits per heavy atom. The Morgan fingerprint density at radius 3 is 2.44 bits per heavy atom. The zero-order valence-electron chi connectivity index (χ0n) is 9.30. The van der Waals surface area contributed by atoms with Crippen molar-refractivity contribution in [2.45, 2.75) is 6.54 Å². The molecular formula is C10H9Br3N4O. The maximum atomic E-state index is 5.42. The second-order valence-electron chi connectivity index (χ2n) is 3.40. The Kier molecular flexibility index (Phi) is 4.77. The first-order valence-corrected chi connectivity index (χ1v) is 7.36. The molecule has 96 valence electrons. The molecule has 0 fully saturated rings. The third-order valence-corrected chi connectivity index (χ3v) is 3.74. The Morgan fingerprint density at radius 1 is 1.17 bits per heavy atom. The van der Waals surface area contributed by atoms with Crippen LogP contribution >= 0.6 is 47.8 Å². The summed E-state index contributed by atoms with van der Waals surface area (Å²) in [6.45, 7) is 0.539. The lowest BCUT2D eigenvalue weighted by Gasteiger charge is -2.07. The maximum absolute atomic E-state index is 5.42. The van der Waals surface area contributed by atoms with E-state index in [0.717, 1.165) is 19.1 Å². The van der Waals surface area contributed by atoms with Gasteiger partial charge in [-0.05, 0) is 51.0 Å². The highest BCUT2D eigenvalue weighted by Crippen LogP contribution is 2.35. The summed E-state index contributed by atoms with van der Waals surface area (Å²) in [5.41, 5.74) is 0.831. The molecule has 0 aliphatic rings. The van der Waals surface area contributed by atoms with E-state index >= 15 is 0 Å². The van der Waals surface area contributed by atoms with Gasteiger partial charge in [-0.25, -0.2) is 0 Å². The molecule has 2 N–H and O–H groups in total. The molecule has 18 heavy (non-hydrogen) atoms. The van der Waals surface area contributed by atoms with Gasteiger partial charge >= 0.3 is 6.01 Å². The number of nitrogens with zero attached hydrogens (tertiary/aromatic N) is 2. The molecule has 0 radical (unpaired) electrons. The van der Waals surface area contributed by atoms with Crippen LogP contribution in [0.1, 0.15) is 5.89 Å². The Labute approximate surface area is 129 Å². The number of hydrogen-bond donors (Lipinski definition) is 2. The van der Waals surface area contributed by atoms with Crippen LogP contribution in [-0.4, -0.2) is 17.2 Å². The van der Waals surface area contributed by atoms with Crippen molar-refractivity contribution >= 4 is 59.5 Å². The van der Waals surface area contributed by atoms with E-state index < -0.39 is 0 Å². The molecule has 0 spiro atoms. The van der Waals surface area contributed by atoms with Crippen LogP contribution in [0.4, 0.5) is 11.7 Å². The molecule has 0 bridgehead atoms. The first-order valence-electron chi connectivity index (χ1n) is 4.98. The molecule has 0 saturated carbocycles. The number of rotatable bonds is 4. The van der Waals surface area contributed by atoms with Crippen molar-refractivity contribution in [1.29, 1.82) is 0 Å². The third-order valence-electron chi connectivity index (χ3n) is 2.03. The molecule has 1 aromatic carbocycles. The summed E-state index contributed by atoms with van der Waals surface area (Å²) >= 11 is 10.3. The average molecular weight is 441 g/mol. The van der Waals surface area contributed by atoms with Crippen LogP contribution in [-0.2, 0) is 6.54 Å². The summed E-state index contributed by atoms with van der Waals surface area (Å²) in [6.07, 6.45) is 0. The minimum Gasteiger partial charge on any atom is -0.406 e. The van der Waals surface area contributed by atoms with Gasteiger partial charge in [-0.3, -0.25) is 0 Å². The van der Waals surface area contributed by atoms with E-state index in [1.807, 2.05) is 19.2 Å². The molecule has 1 heterocycles. The van der Waals surface area contributed by atoms with Crippen molar-refractivity contribution in [3.05, 3.63) is 31.4 Å². The maximum Gasteiger partial charge on any atom is 0.320 e. The second-order valence-corrected chi connectivity index (χ2v) is 6.03. The first-order chi connectivity index (χ1) is 8.60. The van der Waals surface area contributed by atoms with Crippen LogP contribution in [0.3, 0.4) is 0 Å². The van der Waals surface area contributed by atoms with Crippen molar-refractivity contribution in [3.63, 3.8) is 0 Å². The van der Waals surface area contributed by atoms with E-state index in [4.69, 9.17) is 4.42 Å². The average Bonchev–Trinajstić information content (AvgIpc) is 2.72. The van der Waals surface area contributed by atoms with Gasteiger partial charge in [0.15, 0.2) is 0 Å². The van der Waals surface area contributed by atoms with Gasteiger partial charge in [-0.15, -0.1) is 5.10 Å². The van der Waals surface area contributed by atoms with Crippen molar-refractivity contribution < 1.29 is 4.42 Å². The molecule has 2 rings (SSSR count). The number of hydrogen-bond acceptors (Lipinski definition) is 5. The normalized spacial score (nSPS) is 10.7. The van der Waals surface area contributed by atoms with Crippen molar-refractivity contribution in [2.24, 2.45) is 0 Å². The lowest BCUT2D eigenvalue weighted by molar-refractivity contribution is 0.493. The summed E-state index contributed by atoms with van der Waals surface area (Å²) in [4.78, 5) is 0. The highest BCUT2D eigenvalue weighted by atomic mass is 79.9. The first kappa shape index (κ1) is 14.0. The highest BCUT2D eigenvalue weighted by molar-refractivity contribution is 9.11. The zero-order valence-corrected chi connectivity index (χ0v) is 14.1. The lowest BCUT2D eigenvalue weighted by Crippen LogP contribution is -2.04. The van der Waals surface area contributed by atoms with Crippen LogP contribution < -0.4 is 10.6 Å². The van der Waals surface area contributed by atoms with Gasteiger partial charge in [0.25, 0.3) is 0 Å². The minimum absolute atomic E-state index is 0.351. The Balaban J connectivity index is 2.22. The van der Waals surface area contributed by atoms with Gasteiger partial charge in [0.1, 0.15) is 0 Å². The molecule has 0 saturated heterocycles. The molecule has 0 unspecified atom stereocenters. The van der Waals surface area contributed by atoms with Crippen molar-refractivity contribution in [1.82, 2.24) is 15.5 Å². The van der Waals surface area contributed by atoms with Crippen molar-refractivity contribution in [3.8, 4) is 0 Å². The fraction of sp³-hybridized carbons (Fsp3) is 0.200. The summed E-state index contributed by atoms with van der Waals surface area (Å²) in [6, 6.07) is 4.21. The largest absolute Gasteiger partial charge is 0.406 e. The summed E-state index contributed by atoms with van der Waals surface area (Å²) in [7, 11) is 1.82. The van der Waals surface area contributed by atoms with E-state index in [0.29, 0.717) is 18.5 Å². The molecule has 0 aliphatic carbocycles. The smallest absolute Gasteiger partial charge is 0.320 e. The molecule has 5 nitrogen and oxygen atoms in total. The molecule has 2 aromatic rings. The van der Waals surface area contributed by atoms with Crippen molar-refractivity contribution in [2.75, 3.05) is 12.4 Å². The Bertz CT molecular complexity index is 535. The zero-order chi connectivity index (χ0) is 13.1. The number of halogens is 3. The van der Waals surface area contributed by atoms with E-state index in [1.165, 1.54) is 0 Å². The fourth-order valence-electron chi connectivity index (χ4n) is 1.30. The highest BCUT2D eigenvalue weighted by Gasteiger charge is 2.11. The van der Waals surface area contributed by atoms with E-state index in [9.17, 15) is 0 Å². The predicted molar refractivity (Wildman–Crippen MR) is 79.9 cm³/mol. The molecular weight excluding hydrogens is 432 g/mol. The number of anilines is 2. The van der Waals surface area contributed by atoms with Gasteiger partial charge in [0, 0.05) is 13.4 Å². The van der Waals surface area contributed by atoms with Gasteiger partial charge in [-0.1, -0.05) is 21.0 Å². The van der Waals surface area contributed by atoms with Crippen LogP contribution in [0.25, 0.3) is 0 Å². The van der Waals surface area contributed by atoms with E-state index in [-0.39, 0.29) is 0 Å². The quantitative estimate of drug-likeness (QED) is 0.756. The number of nitrogens with one attached hydrogen (secondary N) is 2. The molecule has 1 aromatic heterocycles. The number of benzene rings is 1. The van der Waals surface area contributed by atoms with Gasteiger partial charge < -0.3 is 15.1 Å². The van der Waals surface area contributed by atoms with Gasteiger partial charge in [-0.2, -0.15) is 0 Å². The number of aromatic nitrogens is 2. The molecule has 8 heteroatoms. The van der Waals surface area contributed by atoms with E-state index in [1.54, 1.807) is 0 Å². The van der Waals surface area contributed by atoms with Crippen LogP contribution in [0.15, 0.2) is 30.0 Å². The van der Waals surface area contributed by atoms with Crippen LogP contribution in [0, 0.1) is 0 Å². The van der Waals surface area contributed by atoms with Crippen LogP contribution in [0.5, 0.6) is 0 Å².